The van der Waals surface area contributed by atoms with Crippen molar-refractivity contribution in [2.45, 2.75) is 18.2 Å². The molecule has 0 atom stereocenters. The summed E-state index contributed by atoms with van der Waals surface area (Å²) in [5, 5.41) is 5.12. The number of aryl methyl sites for hydroxylation is 1. The molecule has 134 valence electrons. The van der Waals surface area contributed by atoms with E-state index < -0.39 is 10.0 Å². The Bertz CT molecular complexity index is 1050. The first-order valence-electron chi connectivity index (χ1n) is 8.13. The van der Waals surface area contributed by atoms with Crippen LogP contribution in [0.2, 0.25) is 0 Å². The summed E-state index contributed by atoms with van der Waals surface area (Å²) in [7, 11) is -1.83. The number of aromatic nitrogens is 1. The van der Waals surface area contributed by atoms with Gasteiger partial charge in [-0.25, -0.2) is 13.6 Å². The maximum absolute atomic E-state index is 12.7. The summed E-state index contributed by atoms with van der Waals surface area (Å²) in [5.74, 6) is -0.0247. The van der Waals surface area contributed by atoms with Gasteiger partial charge in [0.1, 0.15) is 0 Å². The smallest absolute Gasteiger partial charge is 0.238 e. The zero-order chi connectivity index (χ0) is 18.9. The van der Waals surface area contributed by atoms with Crippen LogP contribution in [0.4, 0.5) is 0 Å². The van der Waals surface area contributed by atoms with Crippen molar-refractivity contribution in [2.24, 2.45) is 12.2 Å². The van der Waals surface area contributed by atoms with Gasteiger partial charge in [0.25, 0.3) is 0 Å². The molecular weight excluding hydrogens is 348 g/mol. The van der Waals surface area contributed by atoms with Crippen LogP contribution in [0.25, 0.3) is 0 Å². The molecule has 2 aromatic carbocycles. The number of hydrogen-bond acceptors (Lipinski definition) is 3. The lowest BCUT2D eigenvalue weighted by Gasteiger charge is -2.08. The number of hydrogen-bond donors (Lipinski definition) is 1. The Labute approximate surface area is 153 Å². The van der Waals surface area contributed by atoms with E-state index in [9.17, 15) is 13.2 Å². The van der Waals surface area contributed by atoms with E-state index in [2.05, 4.69) is 0 Å². The fourth-order valence-corrected chi connectivity index (χ4v) is 3.33. The van der Waals surface area contributed by atoms with E-state index in [0.29, 0.717) is 17.7 Å². The second-order valence-corrected chi connectivity index (χ2v) is 7.89. The minimum absolute atomic E-state index is 0.0247. The summed E-state index contributed by atoms with van der Waals surface area (Å²) in [6.07, 6.45) is 0.586. The predicted molar refractivity (Wildman–Crippen MR) is 101 cm³/mol. The quantitative estimate of drug-likeness (QED) is 0.703. The molecule has 3 aromatic rings. The molecule has 0 spiro atoms. The number of rotatable bonds is 5. The molecule has 26 heavy (non-hydrogen) atoms. The number of ketones is 1. The average molecular weight is 368 g/mol. The Morgan fingerprint density at radius 1 is 0.962 bits per heavy atom. The van der Waals surface area contributed by atoms with Crippen molar-refractivity contribution in [2.75, 3.05) is 0 Å². The summed E-state index contributed by atoms with van der Waals surface area (Å²) in [5.41, 5.74) is 4.28. The van der Waals surface area contributed by atoms with Crippen LogP contribution in [0.15, 0.2) is 65.6 Å². The molecule has 0 saturated heterocycles. The lowest BCUT2D eigenvalue weighted by molar-refractivity contribution is 0.103. The fraction of sp³-hybridized carbons (Fsp3) is 0.150. The molecule has 0 radical (unpaired) electrons. The highest BCUT2D eigenvalue weighted by Gasteiger charge is 2.15. The van der Waals surface area contributed by atoms with Gasteiger partial charge in [0, 0.05) is 24.7 Å². The van der Waals surface area contributed by atoms with Gasteiger partial charge in [-0.2, -0.15) is 0 Å². The van der Waals surface area contributed by atoms with Gasteiger partial charge < -0.3 is 4.57 Å². The summed E-state index contributed by atoms with van der Waals surface area (Å²) in [4.78, 5) is 12.8. The number of sulfonamides is 1. The third-order valence-electron chi connectivity index (χ3n) is 4.41. The molecule has 1 heterocycles. The van der Waals surface area contributed by atoms with Crippen molar-refractivity contribution in [3.05, 3.63) is 88.7 Å². The number of nitrogens with zero attached hydrogens (tertiary/aromatic N) is 1. The second kappa shape index (κ2) is 6.90. The van der Waals surface area contributed by atoms with Crippen LogP contribution in [0.5, 0.6) is 0 Å². The third-order valence-corrected chi connectivity index (χ3v) is 5.34. The van der Waals surface area contributed by atoms with E-state index in [-0.39, 0.29) is 10.7 Å². The zero-order valence-electron chi connectivity index (χ0n) is 14.6. The number of benzene rings is 2. The Balaban J connectivity index is 1.83. The largest absolute Gasteiger partial charge is 0.345 e. The van der Waals surface area contributed by atoms with Crippen molar-refractivity contribution >= 4 is 15.8 Å². The first kappa shape index (κ1) is 18.1. The van der Waals surface area contributed by atoms with E-state index in [1.807, 2.05) is 54.9 Å². The van der Waals surface area contributed by atoms with Gasteiger partial charge >= 0.3 is 0 Å². The van der Waals surface area contributed by atoms with Crippen LogP contribution < -0.4 is 5.14 Å². The highest BCUT2D eigenvalue weighted by atomic mass is 32.2. The summed E-state index contributed by atoms with van der Waals surface area (Å²) < 4.78 is 24.5. The Morgan fingerprint density at radius 2 is 1.58 bits per heavy atom. The number of nitrogens with two attached hydrogens (primary N) is 1. The van der Waals surface area contributed by atoms with Gasteiger partial charge in [-0.15, -0.1) is 0 Å². The highest BCUT2D eigenvalue weighted by molar-refractivity contribution is 7.89. The maximum atomic E-state index is 12.7. The number of carbonyl (C=O) groups is 1. The van der Waals surface area contributed by atoms with Gasteiger partial charge in [0.05, 0.1) is 10.6 Å². The van der Waals surface area contributed by atoms with Crippen LogP contribution in [-0.2, 0) is 23.5 Å². The molecule has 5 nitrogen and oxygen atoms in total. The normalized spacial score (nSPS) is 11.5. The number of carbonyl (C=O) groups excluding carboxylic acids is 1. The molecule has 1 aromatic heterocycles. The topological polar surface area (TPSA) is 82.2 Å². The average Bonchev–Trinajstić information content (AvgIpc) is 2.95. The van der Waals surface area contributed by atoms with Crippen LogP contribution >= 0.6 is 0 Å². The molecule has 6 heteroatoms. The van der Waals surface area contributed by atoms with E-state index in [1.165, 1.54) is 12.1 Å². The van der Waals surface area contributed by atoms with Crippen molar-refractivity contribution in [3.8, 4) is 0 Å². The van der Waals surface area contributed by atoms with E-state index >= 15 is 0 Å². The van der Waals surface area contributed by atoms with E-state index in [1.54, 1.807) is 12.1 Å². The Kier molecular flexibility index (Phi) is 4.80. The first-order valence-corrected chi connectivity index (χ1v) is 9.68. The lowest BCUT2D eigenvalue weighted by Crippen LogP contribution is -2.12. The van der Waals surface area contributed by atoms with Crippen molar-refractivity contribution in [3.63, 3.8) is 0 Å². The number of primary sulfonamides is 1. The third kappa shape index (κ3) is 3.76. The Morgan fingerprint density at radius 3 is 2.15 bits per heavy atom. The monoisotopic (exact) mass is 368 g/mol. The summed E-state index contributed by atoms with van der Waals surface area (Å²) in [6, 6.07) is 17.7. The van der Waals surface area contributed by atoms with Crippen molar-refractivity contribution in [1.29, 1.82) is 0 Å². The molecule has 2 N–H and O–H groups in total. The van der Waals surface area contributed by atoms with Crippen LogP contribution in [0, 0.1) is 6.92 Å². The molecule has 0 amide bonds. The molecule has 0 unspecified atom stereocenters. The molecule has 0 aliphatic rings. The SMILES string of the molecule is Cc1ccc(C(=O)c2ccc(Cc3ccc(S(N)(=O)=O)cc3)n2C)cc1. The van der Waals surface area contributed by atoms with Crippen LogP contribution in [-0.4, -0.2) is 18.8 Å². The van der Waals surface area contributed by atoms with Gasteiger partial charge in [-0.1, -0.05) is 42.0 Å². The first-order chi connectivity index (χ1) is 12.3. The highest BCUT2D eigenvalue weighted by Crippen LogP contribution is 2.18. The van der Waals surface area contributed by atoms with Crippen LogP contribution in [0.3, 0.4) is 0 Å². The fourth-order valence-electron chi connectivity index (χ4n) is 2.82. The molecule has 0 saturated carbocycles. The van der Waals surface area contributed by atoms with Crippen molar-refractivity contribution in [1.82, 2.24) is 4.57 Å². The lowest BCUT2D eigenvalue weighted by atomic mass is 10.1. The van der Waals surface area contributed by atoms with Crippen molar-refractivity contribution < 1.29 is 13.2 Å². The van der Waals surface area contributed by atoms with E-state index in [4.69, 9.17) is 5.14 Å². The van der Waals surface area contributed by atoms with E-state index in [0.717, 1.165) is 16.8 Å². The molecule has 0 aliphatic carbocycles. The summed E-state index contributed by atoms with van der Waals surface area (Å²) >= 11 is 0. The van der Waals surface area contributed by atoms with Gasteiger partial charge in [0.15, 0.2) is 0 Å². The zero-order valence-corrected chi connectivity index (χ0v) is 15.5. The van der Waals surface area contributed by atoms with Gasteiger partial charge in [0.2, 0.25) is 15.8 Å². The van der Waals surface area contributed by atoms with Gasteiger partial charge in [-0.3, -0.25) is 4.79 Å². The maximum Gasteiger partial charge on any atom is 0.238 e. The second-order valence-electron chi connectivity index (χ2n) is 6.33. The minimum atomic E-state index is -3.69. The van der Waals surface area contributed by atoms with Crippen LogP contribution in [0.1, 0.15) is 32.9 Å². The molecule has 3 rings (SSSR count). The molecular formula is C20H20N2O3S. The molecule has 0 fully saturated rings. The summed E-state index contributed by atoms with van der Waals surface area (Å²) in [6.45, 7) is 1.98. The Hall–Kier alpha value is -2.70. The predicted octanol–water partition coefficient (Wildman–Crippen LogP) is 2.80. The minimum Gasteiger partial charge on any atom is -0.345 e. The molecule has 0 aliphatic heterocycles. The molecule has 0 bridgehead atoms. The van der Waals surface area contributed by atoms with Gasteiger partial charge in [-0.05, 0) is 36.8 Å². The standard InChI is InChI=1S/C20H20N2O3S/c1-14-3-7-16(8-4-14)20(23)19-12-9-17(22(19)2)13-15-5-10-18(11-6-15)26(21,24)25/h3-12H,13H2,1-2H3,(H2,21,24,25).